The Kier molecular flexibility index (Phi) is 4.46. The fourth-order valence-corrected chi connectivity index (χ4v) is 2.35. The van der Waals surface area contributed by atoms with Crippen molar-refractivity contribution in [1.29, 1.82) is 5.26 Å². The summed E-state index contributed by atoms with van der Waals surface area (Å²) in [6.45, 7) is 4.96. The fourth-order valence-electron chi connectivity index (χ4n) is 2.35. The average molecular weight is 296 g/mol. The van der Waals surface area contributed by atoms with Crippen LogP contribution in [0.2, 0.25) is 0 Å². The van der Waals surface area contributed by atoms with Gasteiger partial charge in [0.2, 0.25) is 0 Å². The third-order valence-electron chi connectivity index (χ3n) is 3.70. The van der Waals surface area contributed by atoms with Gasteiger partial charge in [0, 0.05) is 18.3 Å². The second-order valence-corrected chi connectivity index (χ2v) is 5.95. The molecule has 0 atom stereocenters. The topological polar surface area (TPSA) is 27.0 Å². The highest BCUT2D eigenvalue weighted by atomic mass is 19.4. The van der Waals surface area contributed by atoms with Crippen LogP contribution in [0, 0.1) is 17.2 Å². The number of rotatable bonds is 5. The molecule has 5 heteroatoms. The van der Waals surface area contributed by atoms with Gasteiger partial charge in [-0.1, -0.05) is 13.8 Å². The van der Waals surface area contributed by atoms with Crippen molar-refractivity contribution in [3.8, 4) is 6.07 Å². The van der Waals surface area contributed by atoms with E-state index in [2.05, 4.69) is 18.7 Å². The van der Waals surface area contributed by atoms with Crippen LogP contribution in [0.15, 0.2) is 18.2 Å². The lowest BCUT2D eigenvalue weighted by Crippen LogP contribution is -2.28. The first-order chi connectivity index (χ1) is 9.82. The monoisotopic (exact) mass is 296 g/mol. The largest absolute Gasteiger partial charge is 0.417 e. The Morgan fingerprint density at radius 3 is 2.48 bits per heavy atom. The molecule has 21 heavy (non-hydrogen) atoms. The molecule has 0 spiro atoms. The minimum Gasteiger partial charge on any atom is -0.369 e. The van der Waals surface area contributed by atoms with Gasteiger partial charge in [-0.25, -0.2) is 0 Å². The van der Waals surface area contributed by atoms with E-state index in [4.69, 9.17) is 5.26 Å². The van der Waals surface area contributed by atoms with E-state index in [1.807, 2.05) is 0 Å². The van der Waals surface area contributed by atoms with Gasteiger partial charge in [-0.05, 0) is 43.4 Å². The van der Waals surface area contributed by atoms with E-state index in [0.717, 1.165) is 31.9 Å². The van der Waals surface area contributed by atoms with Gasteiger partial charge in [-0.3, -0.25) is 0 Å². The molecule has 0 N–H and O–H groups in total. The Labute approximate surface area is 123 Å². The Bertz CT molecular complexity index is 539. The lowest BCUT2D eigenvalue weighted by molar-refractivity contribution is -0.137. The zero-order valence-corrected chi connectivity index (χ0v) is 12.2. The van der Waals surface area contributed by atoms with Crippen LogP contribution in [-0.2, 0) is 6.18 Å². The molecule has 1 aromatic rings. The number of nitrogens with zero attached hydrogens (tertiary/aromatic N) is 2. The molecule has 0 amide bonds. The molecule has 114 valence electrons. The zero-order valence-electron chi connectivity index (χ0n) is 12.2. The summed E-state index contributed by atoms with van der Waals surface area (Å²) < 4.78 is 39.1. The van der Waals surface area contributed by atoms with Gasteiger partial charge in [0.05, 0.1) is 17.2 Å². The molecule has 0 saturated heterocycles. The van der Waals surface area contributed by atoms with Gasteiger partial charge in [0.15, 0.2) is 0 Å². The predicted molar refractivity (Wildman–Crippen MR) is 76.0 cm³/mol. The summed E-state index contributed by atoms with van der Waals surface area (Å²) >= 11 is 0. The van der Waals surface area contributed by atoms with E-state index in [9.17, 15) is 13.2 Å². The summed E-state index contributed by atoms with van der Waals surface area (Å²) in [7, 11) is 0. The maximum absolute atomic E-state index is 13.0. The van der Waals surface area contributed by atoms with Gasteiger partial charge < -0.3 is 4.90 Å². The number of nitriles is 1. The van der Waals surface area contributed by atoms with E-state index >= 15 is 0 Å². The molecule has 1 fully saturated rings. The number of anilines is 1. The lowest BCUT2D eigenvalue weighted by Gasteiger charge is -2.26. The van der Waals surface area contributed by atoms with Crippen molar-refractivity contribution in [3.05, 3.63) is 29.3 Å². The zero-order chi connectivity index (χ0) is 15.6. The van der Waals surface area contributed by atoms with E-state index in [1.54, 1.807) is 12.1 Å². The smallest absolute Gasteiger partial charge is 0.369 e. The van der Waals surface area contributed by atoms with Crippen molar-refractivity contribution in [2.45, 2.75) is 45.3 Å². The summed E-state index contributed by atoms with van der Waals surface area (Å²) in [5.41, 5.74) is -0.576. The predicted octanol–water partition coefficient (Wildman–Crippen LogP) is 4.59. The molecule has 0 unspecified atom stereocenters. The van der Waals surface area contributed by atoms with Crippen LogP contribution in [0.5, 0.6) is 0 Å². The third-order valence-corrected chi connectivity index (χ3v) is 3.70. The minimum atomic E-state index is -4.49. The van der Waals surface area contributed by atoms with E-state index in [-0.39, 0.29) is 5.56 Å². The maximum Gasteiger partial charge on any atom is 0.417 e. The van der Waals surface area contributed by atoms with Crippen LogP contribution in [0.3, 0.4) is 0 Å². The highest BCUT2D eigenvalue weighted by molar-refractivity contribution is 5.56. The Morgan fingerprint density at radius 1 is 1.33 bits per heavy atom. The van der Waals surface area contributed by atoms with Crippen molar-refractivity contribution in [2.24, 2.45) is 5.92 Å². The first-order valence-electron chi connectivity index (χ1n) is 7.21. The SMILES string of the molecule is CC(C)CCN(c1ccc(C#N)c(C(F)(F)F)c1)C1CC1. The van der Waals surface area contributed by atoms with Gasteiger partial charge in [-0.15, -0.1) is 0 Å². The normalized spacial score (nSPS) is 15.1. The number of benzene rings is 1. The second-order valence-electron chi connectivity index (χ2n) is 5.95. The Balaban J connectivity index is 2.31. The first kappa shape index (κ1) is 15.7. The van der Waals surface area contributed by atoms with Crippen molar-refractivity contribution in [1.82, 2.24) is 0 Å². The highest BCUT2D eigenvalue weighted by Gasteiger charge is 2.35. The molecule has 0 bridgehead atoms. The van der Waals surface area contributed by atoms with Crippen LogP contribution >= 0.6 is 0 Å². The minimum absolute atomic E-state index is 0.314. The van der Waals surface area contributed by atoms with Crippen molar-refractivity contribution < 1.29 is 13.2 Å². The maximum atomic E-state index is 13.0. The lowest BCUT2D eigenvalue weighted by atomic mass is 10.1. The molecular weight excluding hydrogens is 277 g/mol. The third kappa shape index (κ3) is 3.90. The first-order valence-corrected chi connectivity index (χ1v) is 7.21. The van der Waals surface area contributed by atoms with E-state index < -0.39 is 11.7 Å². The van der Waals surface area contributed by atoms with E-state index in [1.165, 1.54) is 6.07 Å². The number of alkyl halides is 3. The standard InChI is InChI=1S/C16H19F3N2/c1-11(2)7-8-21(13-5-6-13)14-4-3-12(10-20)15(9-14)16(17,18)19/h3-4,9,11,13H,5-8H2,1-2H3. The molecular formula is C16H19F3N2. The van der Waals surface area contributed by atoms with Crippen LogP contribution in [-0.4, -0.2) is 12.6 Å². The van der Waals surface area contributed by atoms with Gasteiger partial charge in [-0.2, -0.15) is 18.4 Å². The Morgan fingerprint density at radius 2 is 2.00 bits per heavy atom. The van der Waals surface area contributed by atoms with E-state index in [0.29, 0.717) is 17.6 Å². The van der Waals surface area contributed by atoms with Crippen molar-refractivity contribution >= 4 is 5.69 Å². The second kappa shape index (κ2) is 5.97. The molecule has 2 rings (SSSR count). The fraction of sp³-hybridized carbons (Fsp3) is 0.562. The quantitative estimate of drug-likeness (QED) is 0.794. The van der Waals surface area contributed by atoms with Crippen LogP contribution < -0.4 is 4.90 Å². The summed E-state index contributed by atoms with van der Waals surface area (Å²) in [6.07, 6.45) is -1.49. The Hall–Kier alpha value is -1.70. The van der Waals surface area contributed by atoms with Gasteiger partial charge in [0.1, 0.15) is 0 Å². The molecule has 0 aromatic heterocycles. The molecule has 0 aliphatic heterocycles. The van der Waals surface area contributed by atoms with Crippen molar-refractivity contribution in [2.75, 3.05) is 11.4 Å². The molecule has 1 saturated carbocycles. The van der Waals surface area contributed by atoms with Crippen LogP contribution in [0.1, 0.15) is 44.2 Å². The molecule has 1 aliphatic rings. The number of hydrogen-bond acceptors (Lipinski definition) is 2. The summed E-state index contributed by atoms with van der Waals surface area (Å²) in [5.74, 6) is 0.506. The summed E-state index contributed by atoms with van der Waals surface area (Å²) in [4.78, 5) is 2.05. The average Bonchev–Trinajstić information content (AvgIpc) is 3.22. The van der Waals surface area contributed by atoms with Gasteiger partial charge in [0.25, 0.3) is 0 Å². The van der Waals surface area contributed by atoms with Crippen LogP contribution in [0.4, 0.5) is 18.9 Å². The molecule has 1 aliphatic carbocycles. The summed E-state index contributed by atoms with van der Waals surface area (Å²) in [5, 5.41) is 8.85. The number of hydrogen-bond donors (Lipinski definition) is 0. The molecule has 1 aromatic carbocycles. The van der Waals surface area contributed by atoms with Crippen molar-refractivity contribution in [3.63, 3.8) is 0 Å². The van der Waals surface area contributed by atoms with Gasteiger partial charge >= 0.3 is 6.18 Å². The van der Waals surface area contributed by atoms with Crippen LogP contribution in [0.25, 0.3) is 0 Å². The summed E-state index contributed by atoms with van der Waals surface area (Å²) in [6, 6.07) is 6.00. The highest BCUT2D eigenvalue weighted by Crippen LogP contribution is 2.37. The number of halogens is 3. The molecule has 0 radical (unpaired) electrons. The molecule has 0 heterocycles. The molecule has 2 nitrogen and oxygen atoms in total.